The molecule has 0 aromatic rings. The first-order chi connectivity index (χ1) is 10.5. The molecule has 0 fully saturated rings. The van der Waals surface area contributed by atoms with Gasteiger partial charge in [0.15, 0.2) is 0 Å². The van der Waals surface area contributed by atoms with E-state index in [4.69, 9.17) is 20.3 Å². The Kier molecular flexibility index (Phi) is 11.4. The highest BCUT2D eigenvalue weighted by Crippen LogP contribution is 2.01. The predicted molar refractivity (Wildman–Crippen MR) is 72.6 cm³/mol. The number of amides is 1. The van der Waals surface area contributed by atoms with Crippen molar-refractivity contribution >= 4 is 12.1 Å². The zero-order valence-electron chi connectivity index (χ0n) is 12.1. The molecule has 0 aromatic heterocycles. The Morgan fingerprint density at radius 2 is 1.91 bits per heavy atom. The lowest BCUT2D eigenvalue weighted by Crippen LogP contribution is -2.41. The van der Waals surface area contributed by atoms with Gasteiger partial charge < -0.3 is 30.5 Å². The highest BCUT2D eigenvalue weighted by atomic mass is 17.0. The minimum atomic E-state index is -1.15. The number of carboxylic acids is 1. The summed E-state index contributed by atoms with van der Waals surface area (Å²) in [7, 11) is 0. The summed E-state index contributed by atoms with van der Waals surface area (Å²) in [4.78, 5) is 36.1. The Hall–Kier alpha value is -2.14. The number of nitrogens with one attached hydrogen (secondary N) is 1. The minimum absolute atomic E-state index is 0.0133. The molecule has 11 heteroatoms. The molecule has 0 aliphatic heterocycles. The third-order valence-electron chi connectivity index (χ3n) is 2.42. The number of nitrogens with zero attached hydrogens (tertiary/aromatic N) is 1. The molecule has 22 heavy (non-hydrogen) atoms. The minimum Gasteiger partial charge on any atom is -0.480 e. The van der Waals surface area contributed by atoms with Crippen LogP contribution in [0.3, 0.4) is 0 Å². The summed E-state index contributed by atoms with van der Waals surface area (Å²) >= 11 is 0. The molecule has 0 rings (SSSR count). The van der Waals surface area contributed by atoms with Gasteiger partial charge in [0.1, 0.15) is 19.3 Å². The molecule has 128 valence electrons. The second-order valence-corrected chi connectivity index (χ2v) is 4.12. The number of carbonyl (C=O) groups excluding carboxylic acids is 1. The van der Waals surface area contributed by atoms with E-state index in [1.165, 1.54) is 0 Å². The number of hydrogen-bond acceptors (Lipinski definition) is 8. The van der Waals surface area contributed by atoms with Crippen LogP contribution in [0.1, 0.15) is 19.3 Å². The first-order valence-corrected chi connectivity index (χ1v) is 6.68. The van der Waals surface area contributed by atoms with Crippen LogP contribution in [0.15, 0.2) is 0 Å². The van der Waals surface area contributed by atoms with Crippen LogP contribution < -0.4 is 11.1 Å². The average Bonchev–Trinajstić information content (AvgIpc) is 2.44. The lowest BCUT2D eigenvalue weighted by Gasteiger charge is -2.14. The fourth-order valence-electron chi connectivity index (χ4n) is 1.40. The zero-order chi connectivity index (χ0) is 16.8. The van der Waals surface area contributed by atoms with E-state index in [-0.39, 0.29) is 32.8 Å². The molecule has 0 saturated carbocycles. The van der Waals surface area contributed by atoms with Crippen LogP contribution in [0, 0.1) is 10.1 Å². The Labute approximate surface area is 126 Å². The number of carbonyl (C=O) groups is 2. The van der Waals surface area contributed by atoms with E-state index in [0.717, 1.165) is 0 Å². The van der Waals surface area contributed by atoms with Crippen LogP contribution in [0.4, 0.5) is 4.79 Å². The van der Waals surface area contributed by atoms with Crippen LogP contribution in [0.2, 0.25) is 0 Å². The molecule has 0 aliphatic carbocycles. The van der Waals surface area contributed by atoms with Gasteiger partial charge in [0.2, 0.25) is 0 Å². The Balaban J connectivity index is 3.72. The quantitative estimate of drug-likeness (QED) is 0.230. The molecule has 1 amide bonds. The summed E-state index contributed by atoms with van der Waals surface area (Å²) in [5, 5.41) is 20.0. The van der Waals surface area contributed by atoms with Crippen molar-refractivity contribution in [2.24, 2.45) is 5.73 Å². The third-order valence-corrected chi connectivity index (χ3v) is 2.42. The fraction of sp³-hybridized carbons (Fsp3) is 0.818. The summed E-state index contributed by atoms with van der Waals surface area (Å²) < 4.78 is 9.62. The molecule has 0 aromatic carbocycles. The number of alkyl carbamates (subject to hydrolysis) is 1. The maximum absolute atomic E-state index is 11.4. The van der Waals surface area contributed by atoms with E-state index in [2.05, 4.69) is 10.2 Å². The highest BCUT2D eigenvalue weighted by Gasteiger charge is 2.19. The van der Waals surface area contributed by atoms with Gasteiger partial charge in [0.25, 0.3) is 5.09 Å². The first-order valence-electron chi connectivity index (χ1n) is 6.68. The van der Waals surface area contributed by atoms with Gasteiger partial charge in [0, 0.05) is 0 Å². The SMILES string of the molecule is NCCCCC(NC(=O)OCCOCCO[N+](=O)[O-])C(=O)O. The smallest absolute Gasteiger partial charge is 0.407 e. The average molecular weight is 323 g/mol. The van der Waals surface area contributed by atoms with E-state index in [0.29, 0.717) is 19.4 Å². The standard InChI is InChI=1S/C11H21N3O8/c12-4-2-1-3-9(10(15)16)13-11(17)21-7-5-20-6-8-22-14(18)19/h9H,1-8,12H2,(H,13,17)(H,15,16). The Bertz CT molecular complexity index is 352. The van der Waals surface area contributed by atoms with Crippen molar-refractivity contribution in [3.8, 4) is 0 Å². The van der Waals surface area contributed by atoms with Gasteiger partial charge >= 0.3 is 12.1 Å². The fourth-order valence-corrected chi connectivity index (χ4v) is 1.40. The summed E-state index contributed by atoms with van der Waals surface area (Å²) in [6, 6.07) is -1.03. The topological polar surface area (TPSA) is 163 Å². The monoisotopic (exact) mass is 323 g/mol. The van der Waals surface area contributed by atoms with Gasteiger partial charge in [-0.15, -0.1) is 10.1 Å². The van der Waals surface area contributed by atoms with Gasteiger partial charge in [-0.2, -0.15) is 0 Å². The third kappa shape index (κ3) is 11.7. The van der Waals surface area contributed by atoms with E-state index in [1.807, 2.05) is 0 Å². The van der Waals surface area contributed by atoms with E-state index in [1.54, 1.807) is 0 Å². The molecular weight excluding hydrogens is 302 g/mol. The molecule has 0 spiro atoms. The number of hydrogen-bond donors (Lipinski definition) is 3. The normalized spacial score (nSPS) is 11.5. The molecule has 4 N–H and O–H groups in total. The maximum atomic E-state index is 11.4. The summed E-state index contributed by atoms with van der Waals surface area (Å²) in [6.45, 7) is 0.108. The van der Waals surface area contributed by atoms with Gasteiger partial charge in [-0.3, -0.25) is 0 Å². The van der Waals surface area contributed by atoms with Gasteiger partial charge in [-0.1, -0.05) is 0 Å². The lowest BCUT2D eigenvalue weighted by molar-refractivity contribution is -0.758. The number of unbranched alkanes of at least 4 members (excludes halogenated alkanes) is 1. The number of nitrogens with two attached hydrogens (primary N) is 1. The van der Waals surface area contributed by atoms with Gasteiger partial charge in [-0.05, 0) is 25.8 Å². The lowest BCUT2D eigenvalue weighted by atomic mass is 10.1. The van der Waals surface area contributed by atoms with Crippen molar-refractivity contribution in [1.29, 1.82) is 0 Å². The molecule has 0 aliphatic rings. The van der Waals surface area contributed by atoms with Gasteiger partial charge in [0.05, 0.1) is 13.2 Å². The van der Waals surface area contributed by atoms with Crippen LogP contribution in [-0.2, 0) is 19.1 Å². The van der Waals surface area contributed by atoms with Crippen LogP contribution in [0.5, 0.6) is 0 Å². The molecule has 11 nitrogen and oxygen atoms in total. The molecule has 0 saturated heterocycles. The van der Waals surface area contributed by atoms with Crippen molar-refractivity contribution in [2.45, 2.75) is 25.3 Å². The predicted octanol–water partition coefficient (Wildman–Crippen LogP) is -0.480. The van der Waals surface area contributed by atoms with Crippen molar-refractivity contribution in [3.63, 3.8) is 0 Å². The van der Waals surface area contributed by atoms with Gasteiger partial charge in [-0.25, -0.2) is 9.59 Å². The molecule has 0 bridgehead atoms. The molecule has 0 heterocycles. The van der Waals surface area contributed by atoms with Crippen molar-refractivity contribution in [2.75, 3.05) is 33.0 Å². The molecule has 0 radical (unpaired) electrons. The van der Waals surface area contributed by atoms with E-state index < -0.39 is 23.2 Å². The number of ether oxygens (including phenoxy) is 2. The second-order valence-electron chi connectivity index (χ2n) is 4.12. The summed E-state index contributed by atoms with van der Waals surface area (Å²) in [5.74, 6) is -1.15. The number of aliphatic carboxylic acids is 1. The summed E-state index contributed by atoms with van der Waals surface area (Å²) in [5.41, 5.74) is 5.30. The Morgan fingerprint density at radius 3 is 2.50 bits per heavy atom. The maximum Gasteiger partial charge on any atom is 0.407 e. The van der Waals surface area contributed by atoms with E-state index >= 15 is 0 Å². The highest BCUT2D eigenvalue weighted by molar-refractivity contribution is 5.79. The molecule has 1 atom stereocenters. The first kappa shape index (κ1) is 19.9. The largest absolute Gasteiger partial charge is 0.480 e. The van der Waals surface area contributed by atoms with Crippen LogP contribution in [-0.4, -0.2) is 61.3 Å². The number of carboxylic acid groups (broad SMARTS) is 1. The van der Waals surface area contributed by atoms with Crippen molar-refractivity contribution in [3.05, 3.63) is 10.1 Å². The van der Waals surface area contributed by atoms with Crippen LogP contribution >= 0.6 is 0 Å². The summed E-state index contributed by atoms with van der Waals surface area (Å²) in [6.07, 6.45) is 0.634. The van der Waals surface area contributed by atoms with Crippen LogP contribution in [0.25, 0.3) is 0 Å². The van der Waals surface area contributed by atoms with Crippen molar-refractivity contribution < 1.29 is 34.1 Å². The van der Waals surface area contributed by atoms with E-state index in [9.17, 15) is 19.7 Å². The zero-order valence-corrected chi connectivity index (χ0v) is 12.1. The number of rotatable bonds is 13. The molecular formula is C11H21N3O8. The second kappa shape index (κ2) is 12.6. The van der Waals surface area contributed by atoms with Crippen molar-refractivity contribution in [1.82, 2.24) is 5.32 Å². The Morgan fingerprint density at radius 1 is 1.23 bits per heavy atom. The molecule has 1 unspecified atom stereocenters.